The molecular weight excluding hydrogens is 466 g/mol. The van der Waals surface area contributed by atoms with E-state index in [9.17, 15) is 24.3 Å². The largest absolute Gasteiger partial charge is 0.478 e. The maximum Gasteiger partial charge on any atom is 0.407 e. The lowest BCUT2D eigenvalue weighted by molar-refractivity contribution is -0.137. The first-order chi connectivity index (χ1) is 16.1. The first-order valence-electron chi connectivity index (χ1n) is 11.0. The Labute approximate surface area is 203 Å². The molecule has 10 nitrogen and oxygen atoms in total. The van der Waals surface area contributed by atoms with E-state index in [1.165, 1.54) is 17.7 Å². The molecule has 1 aromatic carbocycles. The molecule has 2 amide bonds. The van der Waals surface area contributed by atoms with Gasteiger partial charge in [-0.15, -0.1) is 0 Å². The van der Waals surface area contributed by atoms with Crippen LogP contribution in [0.5, 0.6) is 0 Å². The molecule has 0 aliphatic carbocycles. The van der Waals surface area contributed by atoms with Crippen LogP contribution < -0.4 is 0 Å². The van der Waals surface area contributed by atoms with E-state index in [0.29, 0.717) is 36.7 Å². The summed E-state index contributed by atoms with van der Waals surface area (Å²) in [5.41, 5.74) is 0.924. The van der Waals surface area contributed by atoms with Crippen molar-refractivity contribution in [2.75, 3.05) is 32.7 Å². The van der Waals surface area contributed by atoms with E-state index in [-0.39, 0.29) is 18.0 Å². The van der Waals surface area contributed by atoms with Crippen LogP contribution in [0.3, 0.4) is 0 Å². The molecule has 2 unspecified atom stereocenters. The van der Waals surface area contributed by atoms with Crippen LogP contribution >= 0.6 is 11.6 Å². The summed E-state index contributed by atoms with van der Waals surface area (Å²) < 4.78 is 0. The van der Waals surface area contributed by atoms with Crippen LogP contribution in [-0.2, 0) is 20.8 Å². The fourth-order valence-electron chi connectivity index (χ4n) is 4.13. The van der Waals surface area contributed by atoms with E-state index < -0.39 is 18.0 Å². The van der Waals surface area contributed by atoms with Crippen molar-refractivity contribution in [3.8, 4) is 0 Å². The first-order valence-corrected chi connectivity index (χ1v) is 11.4. The Bertz CT molecular complexity index is 884. The number of carbonyl (C=O) groups is 4. The highest BCUT2D eigenvalue weighted by atomic mass is 35.5. The minimum Gasteiger partial charge on any atom is -0.478 e. The third-order valence-electron chi connectivity index (χ3n) is 5.88. The van der Waals surface area contributed by atoms with Gasteiger partial charge in [0.15, 0.2) is 0 Å². The van der Waals surface area contributed by atoms with Gasteiger partial charge in [0.05, 0.1) is 18.5 Å². The van der Waals surface area contributed by atoms with Gasteiger partial charge < -0.3 is 30.0 Å². The molecule has 34 heavy (non-hydrogen) atoms. The van der Waals surface area contributed by atoms with E-state index in [2.05, 4.69) is 4.90 Å². The Balaban J connectivity index is 0.000000440. The fourth-order valence-corrected chi connectivity index (χ4v) is 4.26. The predicted octanol–water partition coefficient (Wildman–Crippen LogP) is 2.27. The maximum absolute atomic E-state index is 13.0. The summed E-state index contributed by atoms with van der Waals surface area (Å²) in [7, 11) is 0. The summed E-state index contributed by atoms with van der Waals surface area (Å²) >= 11 is 5.92. The molecule has 0 spiro atoms. The third-order valence-corrected chi connectivity index (χ3v) is 6.13. The van der Waals surface area contributed by atoms with Gasteiger partial charge in [-0.25, -0.2) is 14.4 Å². The smallest absolute Gasteiger partial charge is 0.407 e. The lowest BCUT2D eigenvalue weighted by Gasteiger charge is -2.46. The van der Waals surface area contributed by atoms with Crippen LogP contribution in [-0.4, -0.2) is 98.8 Å². The molecule has 2 heterocycles. The second kappa shape index (κ2) is 13.0. The van der Waals surface area contributed by atoms with Gasteiger partial charge in [0.25, 0.3) is 0 Å². The Kier molecular flexibility index (Phi) is 10.3. The molecule has 0 radical (unpaired) electrons. The van der Waals surface area contributed by atoms with Crippen LogP contribution in [0.15, 0.2) is 36.4 Å². The summed E-state index contributed by atoms with van der Waals surface area (Å²) in [6.07, 6.45) is 2.86. The Morgan fingerprint density at radius 3 is 1.94 bits per heavy atom. The zero-order chi connectivity index (χ0) is 25.3. The SMILES string of the molecule is CC1C(CN2CCCC2)N(C(=O)Cc2ccc(Cl)cc2)CCN1C(=O)O.O=C(O)C=CC(=O)O. The normalized spacial score (nSPS) is 20.6. The minimum atomic E-state index is -1.26. The molecule has 0 saturated carbocycles. The van der Waals surface area contributed by atoms with E-state index in [1.807, 2.05) is 24.0 Å². The van der Waals surface area contributed by atoms with Crippen LogP contribution in [0, 0.1) is 0 Å². The van der Waals surface area contributed by atoms with Crippen LogP contribution in [0.1, 0.15) is 25.3 Å². The maximum atomic E-state index is 13.0. The molecule has 2 atom stereocenters. The Hall–Kier alpha value is -3.11. The van der Waals surface area contributed by atoms with Gasteiger partial charge in [-0.3, -0.25) is 4.79 Å². The van der Waals surface area contributed by atoms with Crippen molar-refractivity contribution in [2.24, 2.45) is 0 Å². The number of carboxylic acid groups (broad SMARTS) is 3. The highest BCUT2D eigenvalue weighted by molar-refractivity contribution is 6.30. The summed E-state index contributed by atoms with van der Waals surface area (Å²) in [6, 6.07) is 6.99. The number of nitrogens with zero attached hydrogens (tertiary/aromatic N) is 3. The van der Waals surface area contributed by atoms with Crippen LogP contribution in [0.4, 0.5) is 4.79 Å². The monoisotopic (exact) mass is 495 g/mol. The number of rotatable bonds is 6. The van der Waals surface area contributed by atoms with Crippen molar-refractivity contribution >= 4 is 35.5 Å². The zero-order valence-corrected chi connectivity index (χ0v) is 19.7. The van der Waals surface area contributed by atoms with E-state index in [4.69, 9.17) is 21.8 Å². The number of halogens is 1. The minimum absolute atomic E-state index is 0.0495. The molecule has 0 bridgehead atoms. The lowest BCUT2D eigenvalue weighted by atomic mass is 10.0. The van der Waals surface area contributed by atoms with Gasteiger partial charge in [0.1, 0.15) is 0 Å². The molecule has 2 aliphatic heterocycles. The molecule has 0 aromatic heterocycles. The van der Waals surface area contributed by atoms with Gasteiger partial charge in [-0.05, 0) is 50.6 Å². The fraction of sp³-hybridized carbons (Fsp3) is 0.478. The summed E-state index contributed by atoms with van der Waals surface area (Å²) in [5.74, 6) is -2.46. The highest BCUT2D eigenvalue weighted by Gasteiger charge is 2.39. The molecule has 2 aliphatic rings. The molecule has 3 N–H and O–H groups in total. The summed E-state index contributed by atoms with van der Waals surface area (Å²) in [6.45, 7) is 5.50. The van der Waals surface area contributed by atoms with E-state index >= 15 is 0 Å². The number of amides is 2. The number of likely N-dealkylation sites (tertiary alicyclic amines) is 1. The number of piperazine rings is 1. The zero-order valence-electron chi connectivity index (χ0n) is 19.0. The molecule has 11 heteroatoms. The predicted molar refractivity (Wildman–Crippen MR) is 125 cm³/mol. The molecule has 1 aromatic rings. The first kappa shape index (κ1) is 27.1. The third kappa shape index (κ3) is 8.35. The highest BCUT2D eigenvalue weighted by Crippen LogP contribution is 2.22. The molecule has 3 rings (SSSR count). The number of aliphatic carboxylic acids is 2. The topological polar surface area (TPSA) is 139 Å². The lowest BCUT2D eigenvalue weighted by Crippen LogP contribution is -2.64. The molecule has 2 saturated heterocycles. The number of carbonyl (C=O) groups excluding carboxylic acids is 1. The van der Waals surface area contributed by atoms with Crippen LogP contribution in [0.2, 0.25) is 5.02 Å². The Morgan fingerprint density at radius 1 is 0.912 bits per heavy atom. The van der Waals surface area contributed by atoms with Crippen molar-refractivity contribution in [1.29, 1.82) is 0 Å². The quantitative estimate of drug-likeness (QED) is 0.511. The Morgan fingerprint density at radius 2 is 1.44 bits per heavy atom. The average Bonchev–Trinajstić information content (AvgIpc) is 3.28. The standard InChI is InChI=1S/C19H26ClN3O3.C4H4O4/c1-14-17(13-21-8-2-3-9-21)23(11-10-22(14)19(25)26)18(24)12-15-4-6-16(20)7-5-15;5-3(6)1-2-4(7)8/h4-7,14,17H,2-3,8-13H2,1H3,(H,25,26);1-2H,(H,5,6)(H,7,8). The average molecular weight is 496 g/mol. The van der Waals surface area contributed by atoms with Crippen molar-refractivity contribution in [3.63, 3.8) is 0 Å². The number of hydrogen-bond acceptors (Lipinski definition) is 5. The second-order valence-electron chi connectivity index (χ2n) is 8.19. The van der Waals surface area contributed by atoms with Crippen molar-refractivity contribution in [2.45, 2.75) is 38.3 Å². The second-order valence-corrected chi connectivity index (χ2v) is 8.63. The summed E-state index contributed by atoms with van der Waals surface area (Å²) in [5, 5.41) is 25.7. The van der Waals surface area contributed by atoms with Gasteiger partial charge >= 0.3 is 18.0 Å². The van der Waals surface area contributed by atoms with Crippen LogP contribution in [0.25, 0.3) is 0 Å². The van der Waals surface area contributed by atoms with Gasteiger partial charge in [-0.1, -0.05) is 23.7 Å². The van der Waals surface area contributed by atoms with Gasteiger partial charge in [-0.2, -0.15) is 0 Å². The van der Waals surface area contributed by atoms with E-state index in [1.54, 1.807) is 12.1 Å². The molecular formula is C23H30ClN3O7. The van der Waals surface area contributed by atoms with Crippen molar-refractivity contribution in [3.05, 3.63) is 47.0 Å². The van der Waals surface area contributed by atoms with Gasteiger partial charge in [0.2, 0.25) is 5.91 Å². The van der Waals surface area contributed by atoms with Crippen molar-refractivity contribution < 1.29 is 34.5 Å². The van der Waals surface area contributed by atoms with Crippen molar-refractivity contribution in [1.82, 2.24) is 14.7 Å². The number of hydrogen-bond donors (Lipinski definition) is 3. The number of carboxylic acids is 2. The van der Waals surface area contributed by atoms with Gasteiger partial charge in [0, 0.05) is 36.8 Å². The van der Waals surface area contributed by atoms with E-state index in [0.717, 1.165) is 25.2 Å². The summed E-state index contributed by atoms with van der Waals surface area (Å²) in [4.78, 5) is 49.3. The molecule has 186 valence electrons. The molecule has 2 fully saturated rings. The number of benzene rings is 1.